The van der Waals surface area contributed by atoms with Gasteiger partial charge in [-0.25, -0.2) is 9.97 Å². The van der Waals surface area contributed by atoms with Gasteiger partial charge >= 0.3 is 0 Å². The normalized spacial score (nSPS) is 14.9. The Morgan fingerprint density at radius 2 is 2.03 bits per heavy atom. The first-order valence-corrected chi connectivity index (χ1v) is 12.0. The highest BCUT2D eigenvalue weighted by molar-refractivity contribution is 7.10. The summed E-state index contributed by atoms with van der Waals surface area (Å²) in [6.07, 6.45) is 8.36. The molecule has 1 aliphatic heterocycles. The number of H-pyrrole nitrogens is 1. The first kappa shape index (κ1) is 21.9. The molecule has 10 heteroatoms. The second-order valence-electron chi connectivity index (χ2n) is 7.72. The molecule has 33 heavy (non-hydrogen) atoms. The number of nitrogens with zero attached hydrogens (tertiary/aromatic N) is 4. The highest BCUT2D eigenvalue weighted by Gasteiger charge is 2.25. The number of aromatic nitrogens is 4. The number of carbonyl (C=O) groups excluding carboxylic acids is 1. The third-order valence-corrected chi connectivity index (χ3v) is 7.33. The Labute approximate surface area is 204 Å². The largest absolute Gasteiger partial charge is 0.354 e. The van der Waals surface area contributed by atoms with Crippen molar-refractivity contribution >= 4 is 46.5 Å². The molecule has 1 N–H and O–H groups in total. The zero-order valence-electron chi connectivity index (χ0n) is 17.4. The number of carbonyl (C=O) groups is 1. The lowest BCUT2D eigenvalue weighted by molar-refractivity contribution is -0.126. The summed E-state index contributed by atoms with van der Waals surface area (Å²) in [5.41, 5.74) is 3.07. The smallest absolute Gasteiger partial charge is 0.246 e. The third-order valence-electron chi connectivity index (χ3n) is 5.58. The van der Waals surface area contributed by atoms with Gasteiger partial charge in [0.2, 0.25) is 5.91 Å². The van der Waals surface area contributed by atoms with Gasteiger partial charge in [-0.3, -0.25) is 4.79 Å². The molecule has 0 spiro atoms. The Morgan fingerprint density at radius 1 is 1.18 bits per heavy atom. The van der Waals surface area contributed by atoms with E-state index in [1.807, 2.05) is 22.4 Å². The monoisotopic (exact) mass is 499 g/mol. The zero-order valence-corrected chi connectivity index (χ0v) is 19.7. The lowest BCUT2D eigenvalue weighted by atomic mass is 9.97. The van der Waals surface area contributed by atoms with E-state index < -0.39 is 0 Å². The number of piperidine rings is 1. The van der Waals surface area contributed by atoms with Crippen LogP contribution in [-0.4, -0.2) is 44.0 Å². The maximum absolute atomic E-state index is 12.4. The lowest BCUT2D eigenvalue weighted by Gasteiger charge is -2.30. The van der Waals surface area contributed by atoms with Crippen molar-refractivity contribution in [2.24, 2.45) is 0 Å². The van der Waals surface area contributed by atoms with E-state index in [0.717, 1.165) is 34.8 Å². The summed E-state index contributed by atoms with van der Waals surface area (Å²) in [4.78, 5) is 26.0. The molecule has 1 aliphatic rings. The number of aromatic amines is 1. The van der Waals surface area contributed by atoms with Gasteiger partial charge in [-0.2, -0.15) is 0 Å². The van der Waals surface area contributed by atoms with Crippen LogP contribution < -0.4 is 0 Å². The van der Waals surface area contributed by atoms with Crippen LogP contribution in [0.1, 0.15) is 29.5 Å². The van der Waals surface area contributed by atoms with Gasteiger partial charge in [0, 0.05) is 42.1 Å². The topological polar surface area (TPSA) is 87.9 Å². The van der Waals surface area contributed by atoms with Crippen molar-refractivity contribution in [3.63, 3.8) is 0 Å². The molecule has 1 aromatic carbocycles. The first-order chi connectivity index (χ1) is 16.1. The van der Waals surface area contributed by atoms with Gasteiger partial charge in [-0.1, -0.05) is 34.4 Å². The number of benzene rings is 1. The predicted octanol–water partition coefficient (Wildman–Crippen LogP) is 5.91. The molecule has 0 atom stereocenters. The SMILES string of the molecule is O=C(/C=C/c1cnc[nH]1)N1CCC(c2nc(-c3cc(-c4ccc(Cl)c(Cl)c4)no3)cs2)CC1. The summed E-state index contributed by atoms with van der Waals surface area (Å²) in [5, 5.41) is 8.15. The third kappa shape index (κ3) is 4.88. The van der Waals surface area contributed by atoms with Crippen LogP contribution in [0, 0.1) is 0 Å². The minimum Gasteiger partial charge on any atom is -0.354 e. The second-order valence-corrected chi connectivity index (χ2v) is 9.42. The molecule has 1 amide bonds. The second kappa shape index (κ2) is 9.51. The van der Waals surface area contributed by atoms with E-state index in [4.69, 9.17) is 32.7 Å². The molecule has 5 rings (SSSR count). The quantitative estimate of drug-likeness (QED) is 0.344. The van der Waals surface area contributed by atoms with Gasteiger partial charge in [0.1, 0.15) is 11.4 Å². The number of hydrogen-bond acceptors (Lipinski definition) is 6. The fourth-order valence-electron chi connectivity index (χ4n) is 3.75. The molecular formula is C23H19Cl2N5O2S. The van der Waals surface area contributed by atoms with Gasteiger partial charge in [-0.15, -0.1) is 11.3 Å². The fraction of sp³-hybridized carbons (Fsp3) is 0.217. The van der Waals surface area contributed by atoms with Crippen LogP contribution in [-0.2, 0) is 4.79 Å². The van der Waals surface area contributed by atoms with Crippen LogP contribution in [0.25, 0.3) is 28.8 Å². The molecule has 0 radical (unpaired) electrons. The van der Waals surface area contributed by atoms with Crippen molar-refractivity contribution in [3.05, 3.63) is 69.0 Å². The number of rotatable bonds is 5. The molecule has 3 aromatic heterocycles. The van der Waals surface area contributed by atoms with E-state index in [2.05, 4.69) is 15.1 Å². The maximum atomic E-state index is 12.4. The van der Waals surface area contributed by atoms with Crippen molar-refractivity contribution < 1.29 is 9.32 Å². The van der Waals surface area contributed by atoms with Crippen LogP contribution >= 0.6 is 34.5 Å². The van der Waals surface area contributed by atoms with Crippen LogP contribution in [0.5, 0.6) is 0 Å². The Kier molecular flexibility index (Phi) is 6.30. The van der Waals surface area contributed by atoms with Crippen molar-refractivity contribution in [3.8, 4) is 22.7 Å². The van der Waals surface area contributed by atoms with Gasteiger partial charge in [0.25, 0.3) is 0 Å². The van der Waals surface area contributed by atoms with Crippen molar-refractivity contribution in [2.45, 2.75) is 18.8 Å². The van der Waals surface area contributed by atoms with Crippen molar-refractivity contribution in [2.75, 3.05) is 13.1 Å². The molecule has 0 bridgehead atoms. The maximum Gasteiger partial charge on any atom is 0.246 e. The van der Waals surface area contributed by atoms with Crippen molar-refractivity contribution in [1.29, 1.82) is 0 Å². The number of nitrogens with one attached hydrogen (secondary N) is 1. The van der Waals surface area contributed by atoms with Crippen molar-refractivity contribution in [1.82, 2.24) is 25.0 Å². The molecule has 4 aromatic rings. The number of thiazole rings is 1. The minimum absolute atomic E-state index is 0.0133. The number of halogens is 2. The Balaban J connectivity index is 1.21. The van der Waals surface area contributed by atoms with Crippen LogP contribution in [0.15, 0.2) is 52.8 Å². The van der Waals surface area contributed by atoms with E-state index in [1.54, 1.807) is 48.1 Å². The number of likely N-dealkylation sites (tertiary alicyclic amines) is 1. The molecule has 4 heterocycles. The van der Waals surface area contributed by atoms with Crippen LogP contribution in [0.3, 0.4) is 0 Å². The molecule has 0 unspecified atom stereocenters. The molecule has 1 saturated heterocycles. The summed E-state index contributed by atoms with van der Waals surface area (Å²) < 4.78 is 5.53. The van der Waals surface area contributed by atoms with Gasteiger partial charge in [0.15, 0.2) is 5.76 Å². The van der Waals surface area contributed by atoms with E-state index >= 15 is 0 Å². The number of imidazole rings is 1. The lowest BCUT2D eigenvalue weighted by Crippen LogP contribution is -2.36. The van der Waals surface area contributed by atoms with Crippen LogP contribution in [0.4, 0.5) is 0 Å². The summed E-state index contributed by atoms with van der Waals surface area (Å²) >= 11 is 13.7. The van der Waals surface area contributed by atoms with E-state index in [0.29, 0.717) is 40.5 Å². The molecule has 168 valence electrons. The fourth-order valence-corrected chi connectivity index (χ4v) is 5.03. The van der Waals surface area contributed by atoms with E-state index in [9.17, 15) is 4.79 Å². The Morgan fingerprint density at radius 3 is 2.79 bits per heavy atom. The minimum atomic E-state index is 0.0133. The molecule has 0 saturated carbocycles. The molecule has 1 fully saturated rings. The molecule has 0 aliphatic carbocycles. The molecule has 7 nitrogen and oxygen atoms in total. The summed E-state index contributed by atoms with van der Waals surface area (Å²) in [5.74, 6) is 0.941. The summed E-state index contributed by atoms with van der Waals surface area (Å²) in [6, 6.07) is 7.20. The van der Waals surface area contributed by atoms with E-state index in [-0.39, 0.29) is 5.91 Å². The Hall–Kier alpha value is -2.94. The predicted molar refractivity (Wildman–Crippen MR) is 129 cm³/mol. The zero-order chi connectivity index (χ0) is 22.8. The summed E-state index contributed by atoms with van der Waals surface area (Å²) in [6.45, 7) is 1.41. The Bertz CT molecular complexity index is 1290. The highest BCUT2D eigenvalue weighted by Crippen LogP contribution is 2.35. The summed E-state index contributed by atoms with van der Waals surface area (Å²) in [7, 11) is 0. The molecular weight excluding hydrogens is 481 g/mol. The van der Waals surface area contributed by atoms with Gasteiger partial charge in [0.05, 0.1) is 33.3 Å². The number of amides is 1. The van der Waals surface area contributed by atoms with E-state index in [1.165, 1.54) is 0 Å². The standard InChI is InChI=1S/C23H19Cl2N5O2S/c24-17-3-1-15(9-18(17)25)19-10-21(32-29-19)20-12-33-23(28-20)14-5-7-30(8-6-14)22(31)4-2-16-11-26-13-27-16/h1-4,9-14H,5-8H2,(H,26,27)/b4-2+. The average molecular weight is 500 g/mol. The van der Waals surface area contributed by atoms with Gasteiger partial charge < -0.3 is 14.4 Å². The highest BCUT2D eigenvalue weighted by atomic mass is 35.5. The van der Waals surface area contributed by atoms with Crippen LogP contribution in [0.2, 0.25) is 10.0 Å². The number of hydrogen-bond donors (Lipinski definition) is 1. The average Bonchev–Trinajstić information content (AvgIpc) is 3.61. The van der Waals surface area contributed by atoms with Gasteiger partial charge in [-0.05, 0) is 31.1 Å². The first-order valence-electron chi connectivity index (χ1n) is 10.4.